The monoisotopic (exact) mass is 371 g/mol. The van der Waals surface area contributed by atoms with Crippen molar-refractivity contribution in [2.45, 2.75) is 26.3 Å². The number of ketones is 1. The fourth-order valence-corrected chi connectivity index (χ4v) is 3.02. The topological polar surface area (TPSA) is 138 Å². The first-order valence-corrected chi connectivity index (χ1v) is 9.17. The van der Waals surface area contributed by atoms with Crippen molar-refractivity contribution in [3.05, 3.63) is 35.9 Å². The molecule has 1 aromatic rings. The van der Waals surface area contributed by atoms with E-state index in [0.29, 0.717) is 5.56 Å². The van der Waals surface area contributed by atoms with Crippen LogP contribution >= 0.6 is 0 Å². The van der Waals surface area contributed by atoms with Gasteiger partial charge in [0.05, 0.1) is 5.92 Å². The summed E-state index contributed by atoms with van der Waals surface area (Å²) in [5, 5.41) is 11.0. The van der Waals surface area contributed by atoms with Gasteiger partial charge in [0.1, 0.15) is 17.6 Å². The summed E-state index contributed by atoms with van der Waals surface area (Å²) in [4.78, 5) is 35.9. The minimum absolute atomic E-state index is 0.00680. The zero-order chi connectivity index (χ0) is 19.2. The first-order valence-electron chi connectivity index (χ1n) is 7.56. The van der Waals surface area contributed by atoms with Crippen LogP contribution in [0.3, 0.4) is 0 Å². The third-order valence-electron chi connectivity index (χ3n) is 3.51. The van der Waals surface area contributed by atoms with Gasteiger partial charge in [-0.15, -0.1) is 0 Å². The van der Waals surface area contributed by atoms with E-state index in [4.69, 9.17) is 9.66 Å². The molecule has 0 radical (unpaired) electrons. The third-order valence-corrected chi connectivity index (χ3v) is 4.26. The van der Waals surface area contributed by atoms with Crippen molar-refractivity contribution in [1.82, 2.24) is 5.32 Å². The third kappa shape index (κ3) is 7.02. The molecule has 0 saturated heterocycles. The highest BCUT2D eigenvalue weighted by Crippen LogP contribution is 2.16. The molecule has 0 fully saturated rings. The Balaban J connectivity index is 2.91. The van der Waals surface area contributed by atoms with Gasteiger partial charge < -0.3 is 10.4 Å². The van der Waals surface area contributed by atoms with Crippen molar-refractivity contribution >= 4 is 27.8 Å². The van der Waals surface area contributed by atoms with E-state index in [1.165, 1.54) is 0 Å². The Morgan fingerprint density at radius 1 is 1.12 bits per heavy atom. The van der Waals surface area contributed by atoms with E-state index in [9.17, 15) is 22.8 Å². The first kappa shape index (κ1) is 20.8. The second-order valence-electron chi connectivity index (χ2n) is 6.00. The van der Waals surface area contributed by atoms with Gasteiger partial charge in [-0.3, -0.25) is 14.1 Å². The van der Waals surface area contributed by atoms with E-state index in [2.05, 4.69) is 0 Å². The maximum absolute atomic E-state index is 12.5. The Hall–Kier alpha value is -2.26. The van der Waals surface area contributed by atoms with Crippen molar-refractivity contribution in [2.24, 2.45) is 11.8 Å². The van der Waals surface area contributed by atoms with Crippen LogP contribution < -0.4 is 5.32 Å². The van der Waals surface area contributed by atoms with Crippen LogP contribution in [0.25, 0.3) is 0 Å². The van der Waals surface area contributed by atoms with Crippen LogP contribution in [0.15, 0.2) is 30.3 Å². The zero-order valence-corrected chi connectivity index (χ0v) is 14.7. The van der Waals surface area contributed by atoms with E-state index < -0.39 is 51.4 Å². The molecule has 2 atom stereocenters. The molecule has 1 rings (SSSR count). The molecule has 0 bridgehead atoms. The summed E-state index contributed by atoms with van der Waals surface area (Å²) in [6, 6.07) is 6.90. The standard InChI is InChI=1S/C16H21NO7S/c1-10(2)14(13(18)8-11-6-4-3-5-7-11)15(19)17-12(16(20)21)9-25(22,23)24/h3-7,10,12,14H,8-9H2,1-2H3,(H,17,19)(H,20,21)(H,22,23,24). The van der Waals surface area contributed by atoms with Crippen molar-refractivity contribution < 1.29 is 32.5 Å². The van der Waals surface area contributed by atoms with Crippen LogP contribution in [0.4, 0.5) is 0 Å². The molecule has 0 heterocycles. The summed E-state index contributed by atoms with van der Waals surface area (Å²) < 4.78 is 30.6. The van der Waals surface area contributed by atoms with Crippen molar-refractivity contribution in [2.75, 3.05) is 5.75 Å². The molecule has 0 spiro atoms. The largest absolute Gasteiger partial charge is 0.480 e. The molecule has 9 heteroatoms. The smallest absolute Gasteiger partial charge is 0.327 e. The van der Waals surface area contributed by atoms with Gasteiger partial charge in [-0.25, -0.2) is 4.79 Å². The number of hydrogen-bond acceptors (Lipinski definition) is 5. The van der Waals surface area contributed by atoms with Gasteiger partial charge in [-0.1, -0.05) is 44.2 Å². The number of hydrogen-bond donors (Lipinski definition) is 3. The van der Waals surface area contributed by atoms with E-state index in [1.807, 2.05) is 5.32 Å². The van der Waals surface area contributed by atoms with Gasteiger partial charge in [0, 0.05) is 6.42 Å². The Morgan fingerprint density at radius 3 is 2.12 bits per heavy atom. The summed E-state index contributed by atoms with van der Waals surface area (Å²) >= 11 is 0. The number of amides is 1. The maximum atomic E-state index is 12.5. The summed E-state index contributed by atoms with van der Waals surface area (Å²) in [5.74, 6) is -5.64. The second-order valence-corrected chi connectivity index (χ2v) is 7.50. The van der Waals surface area contributed by atoms with Gasteiger partial charge in [0.2, 0.25) is 5.91 Å². The Labute approximate surface area is 146 Å². The average molecular weight is 371 g/mol. The predicted octanol–water partition coefficient (Wildman–Crippen LogP) is 0.528. The number of carboxylic acids is 1. The second kappa shape index (κ2) is 8.72. The minimum Gasteiger partial charge on any atom is -0.480 e. The lowest BCUT2D eigenvalue weighted by Crippen LogP contribution is -2.50. The summed E-state index contributed by atoms with van der Waals surface area (Å²) in [7, 11) is -4.61. The van der Waals surface area contributed by atoms with Gasteiger partial charge in [-0.2, -0.15) is 8.42 Å². The molecule has 2 unspecified atom stereocenters. The summed E-state index contributed by atoms with van der Waals surface area (Å²) in [6.45, 7) is 3.26. The van der Waals surface area contributed by atoms with E-state index in [0.717, 1.165) is 0 Å². The van der Waals surface area contributed by atoms with Crippen molar-refractivity contribution in [1.29, 1.82) is 0 Å². The number of aliphatic carboxylic acids is 1. The molecule has 3 N–H and O–H groups in total. The molecule has 0 aliphatic carbocycles. The fourth-order valence-electron chi connectivity index (χ4n) is 2.37. The molecule has 0 aliphatic heterocycles. The molecule has 138 valence electrons. The highest BCUT2D eigenvalue weighted by Gasteiger charge is 2.33. The Morgan fingerprint density at radius 2 is 1.68 bits per heavy atom. The van der Waals surface area contributed by atoms with Gasteiger partial charge >= 0.3 is 5.97 Å². The highest BCUT2D eigenvalue weighted by atomic mass is 32.2. The van der Waals surface area contributed by atoms with Crippen molar-refractivity contribution in [3.63, 3.8) is 0 Å². The molecule has 1 amide bonds. The highest BCUT2D eigenvalue weighted by molar-refractivity contribution is 7.85. The fraction of sp³-hybridized carbons (Fsp3) is 0.438. The molecule has 8 nitrogen and oxygen atoms in total. The SMILES string of the molecule is CC(C)C(C(=O)Cc1ccccc1)C(=O)NC(CS(=O)(=O)O)C(=O)O. The number of rotatable bonds is 9. The van der Waals surface area contributed by atoms with Gasteiger partial charge in [0.15, 0.2) is 0 Å². The number of carbonyl (C=O) groups excluding carboxylic acids is 2. The number of carbonyl (C=O) groups is 3. The minimum atomic E-state index is -4.61. The van der Waals surface area contributed by atoms with E-state index >= 15 is 0 Å². The number of Topliss-reactive ketones (excluding diaryl/α,β-unsaturated/α-hetero) is 1. The maximum Gasteiger partial charge on any atom is 0.327 e. The van der Waals surface area contributed by atoms with Crippen LogP contribution in [0.2, 0.25) is 0 Å². The number of nitrogens with one attached hydrogen (secondary N) is 1. The zero-order valence-electron chi connectivity index (χ0n) is 13.9. The number of carboxylic acid groups (broad SMARTS) is 1. The average Bonchev–Trinajstić information content (AvgIpc) is 2.45. The molecule has 1 aromatic carbocycles. The van der Waals surface area contributed by atoms with E-state index in [1.54, 1.807) is 44.2 Å². The first-order chi connectivity index (χ1) is 11.5. The molecule has 0 saturated carbocycles. The van der Waals surface area contributed by atoms with Crippen LogP contribution in [0, 0.1) is 11.8 Å². The lowest BCUT2D eigenvalue weighted by Gasteiger charge is -2.21. The molecular formula is C16H21NO7S. The van der Waals surface area contributed by atoms with Gasteiger partial charge in [0.25, 0.3) is 10.1 Å². The van der Waals surface area contributed by atoms with Crippen LogP contribution in [0.1, 0.15) is 19.4 Å². The number of benzene rings is 1. The quantitative estimate of drug-likeness (QED) is 0.425. The normalized spacial score (nSPS) is 13.9. The van der Waals surface area contributed by atoms with Crippen LogP contribution in [-0.4, -0.2) is 47.5 Å². The van der Waals surface area contributed by atoms with Crippen LogP contribution in [-0.2, 0) is 30.9 Å². The van der Waals surface area contributed by atoms with Crippen molar-refractivity contribution in [3.8, 4) is 0 Å². The van der Waals surface area contributed by atoms with Gasteiger partial charge in [-0.05, 0) is 11.5 Å². The lowest BCUT2D eigenvalue weighted by molar-refractivity contribution is -0.144. The molecule has 0 aliphatic rings. The molecule has 0 aromatic heterocycles. The molecule has 25 heavy (non-hydrogen) atoms. The summed E-state index contributed by atoms with van der Waals surface area (Å²) in [6.07, 6.45) is -0.00680. The summed E-state index contributed by atoms with van der Waals surface area (Å²) in [5.41, 5.74) is 0.707. The van der Waals surface area contributed by atoms with E-state index in [-0.39, 0.29) is 6.42 Å². The predicted molar refractivity (Wildman–Crippen MR) is 89.5 cm³/mol. The Bertz CT molecular complexity index is 728. The Kier molecular flexibility index (Phi) is 7.25. The van der Waals surface area contributed by atoms with Crippen LogP contribution in [0.5, 0.6) is 0 Å². The molecular weight excluding hydrogens is 350 g/mol. The lowest BCUT2D eigenvalue weighted by atomic mass is 9.87.